The molecular weight excluding hydrogens is 557 g/mol. The smallest absolute Gasteiger partial charge is 0.342 e. The monoisotopic (exact) mass is 577 g/mol. The van der Waals surface area contributed by atoms with Gasteiger partial charge in [0.05, 0.1) is 17.2 Å². The first-order chi connectivity index (χ1) is 18.8. The Morgan fingerprint density at radius 2 is 1.80 bits per heavy atom. The van der Waals surface area contributed by atoms with Crippen LogP contribution in [-0.2, 0) is 12.6 Å². The maximum Gasteiger partial charge on any atom is 0.416 e. The normalized spacial score (nSPS) is 17.1. The van der Waals surface area contributed by atoms with E-state index < -0.39 is 52.7 Å². The molecule has 0 spiro atoms. The van der Waals surface area contributed by atoms with E-state index in [4.69, 9.17) is 11.6 Å². The van der Waals surface area contributed by atoms with Crippen molar-refractivity contribution in [2.24, 2.45) is 0 Å². The van der Waals surface area contributed by atoms with E-state index in [1.54, 1.807) is 7.05 Å². The number of rotatable bonds is 3. The van der Waals surface area contributed by atoms with E-state index in [1.165, 1.54) is 17.0 Å². The summed E-state index contributed by atoms with van der Waals surface area (Å²) < 4.78 is 68.1. The molecule has 0 aliphatic carbocycles. The van der Waals surface area contributed by atoms with Gasteiger partial charge in [0.15, 0.2) is 0 Å². The number of fused-ring (bicyclic) bond motifs is 3. The number of hydrogen-bond donors (Lipinski definition) is 2. The topological polar surface area (TPSA) is 78.5 Å². The van der Waals surface area contributed by atoms with Crippen LogP contribution in [0.1, 0.15) is 72.2 Å². The standard InChI is InChI=1S/C28H21ClF5N3O3/c1-37-7-3-2-4-17-18(27(37)40)12-21(35-25(38)13-8-14(28(32,33)34)10-16(31)9-13)23-22(17)26(39)36-24(23)19-11-15(30)5-6-20(19)29/h5-6,8-12,24H,2-4,7H2,1H3,(H,35,38)(H,36,39). The van der Waals surface area contributed by atoms with Gasteiger partial charge in [-0.05, 0) is 67.3 Å². The van der Waals surface area contributed by atoms with E-state index in [2.05, 4.69) is 10.6 Å². The molecule has 2 heterocycles. The van der Waals surface area contributed by atoms with Crippen molar-refractivity contribution >= 4 is 35.0 Å². The minimum atomic E-state index is -4.91. The lowest BCUT2D eigenvalue weighted by Crippen LogP contribution is -2.31. The van der Waals surface area contributed by atoms with Crippen molar-refractivity contribution in [2.75, 3.05) is 18.9 Å². The number of carbonyl (C=O) groups is 3. The fourth-order valence-electron chi connectivity index (χ4n) is 5.14. The van der Waals surface area contributed by atoms with Gasteiger partial charge in [-0.1, -0.05) is 11.6 Å². The maximum atomic E-state index is 14.2. The number of anilines is 1. The van der Waals surface area contributed by atoms with Crippen LogP contribution in [0.25, 0.3) is 0 Å². The lowest BCUT2D eigenvalue weighted by molar-refractivity contribution is -0.137. The number of halogens is 6. The molecule has 2 aliphatic heterocycles. The second-order valence-electron chi connectivity index (χ2n) is 9.68. The molecule has 0 saturated carbocycles. The van der Waals surface area contributed by atoms with Crippen molar-refractivity contribution in [2.45, 2.75) is 31.5 Å². The fourth-order valence-corrected chi connectivity index (χ4v) is 5.36. The van der Waals surface area contributed by atoms with Crippen molar-refractivity contribution in [1.82, 2.24) is 10.2 Å². The Labute approximate surface area is 230 Å². The molecule has 3 amide bonds. The molecule has 12 heteroatoms. The lowest BCUT2D eigenvalue weighted by atomic mass is 9.87. The van der Waals surface area contributed by atoms with Crippen LogP contribution < -0.4 is 10.6 Å². The Morgan fingerprint density at radius 1 is 1.05 bits per heavy atom. The average molecular weight is 578 g/mol. The summed E-state index contributed by atoms with van der Waals surface area (Å²) in [6.45, 7) is 0.453. The third kappa shape index (κ3) is 5.01. The van der Waals surface area contributed by atoms with Gasteiger partial charge < -0.3 is 15.5 Å². The summed E-state index contributed by atoms with van der Waals surface area (Å²) >= 11 is 6.34. The van der Waals surface area contributed by atoms with Gasteiger partial charge >= 0.3 is 6.18 Å². The summed E-state index contributed by atoms with van der Waals surface area (Å²) in [7, 11) is 1.59. The molecule has 0 aromatic heterocycles. The molecule has 6 nitrogen and oxygen atoms in total. The molecule has 1 unspecified atom stereocenters. The Bertz CT molecular complexity index is 1570. The van der Waals surface area contributed by atoms with Gasteiger partial charge in [0, 0.05) is 46.6 Å². The van der Waals surface area contributed by atoms with Crippen molar-refractivity contribution < 1.29 is 36.3 Å². The zero-order chi connectivity index (χ0) is 28.9. The average Bonchev–Trinajstić information content (AvgIpc) is 3.23. The van der Waals surface area contributed by atoms with E-state index in [-0.39, 0.29) is 39.0 Å². The van der Waals surface area contributed by atoms with E-state index in [1.807, 2.05) is 0 Å². The van der Waals surface area contributed by atoms with Crippen molar-refractivity contribution in [1.29, 1.82) is 0 Å². The van der Waals surface area contributed by atoms with Crippen LogP contribution in [0.5, 0.6) is 0 Å². The first-order valence-electron chi connectivity index (χ1n) is 12.3. The molecule has 0 bridgehead atoms. The summed E-state index contributed by atoms with van der Waals surface area (Å²) in [4.78, 5) is 41.3. The summed E-state index contributed by atoms with van der Waals surface area (Å²) in [6.07, 6.45) is -3.23. The molecule has 0 saturated heterocycles. The Hall–Kier alpha value is -3.99. The first-order valence-corrected chi connectivity index (χ1v) is 12.6. The largest absolute Gasteiger partial charge is 0.416 e. The van der Waals surface area contributed by atoms with Gasteiger partial charge in [-0.2, -0.15) is 13.2 Å². The Kier molecular flexibility index (Phi) is 7.03. The van der Waals surface area contributed by atoms with Crippen LogP contribution in [0.15, 0.2) is 42.5 Å². The molecule has 1 atom stereocenters. The molecule has 2 aliphatic rings. The van der Waals surface area contributed by atoms with E-state index in [0.29, 0.717) is 43.5 Å². The van der Waals surface area contributed by atoms with E-state index >= 15 is 0 Å². The van der Waals surface area contributed by atoms with Crippen LogP contribution in [-0.4, -0.2) is 36.2 Å². The Morgan fingerprint density at radius 3 is 2.52 bits per heavy atom. The minimum Gasteiger partial charge on any atom is -0.342 e. The predicted molar refractivity (Wildman–Crippen MR) is 136 cm³/mol. The van der Waals surface area contributed by atoms with Crippen molar-refractivity contribution in [3.05, 3.63) is 98.1 Å². The molecular formula is C28H21ClF5N3O3. The second kappa shape index (κ2) is 10.2. The molecule has 3 aromatic rings. The lowest BCUT2D eigenvalue weighted by Gasteiger charge is -2.25. The SMILES string of the molecule is CN1CCCCc2c(cc(NC(=O)c3cc(F)cc(C(F)(F)F)c3)c3c2C(=O)NC3c2cc(F)ccc2Cl)C1=O. The number of benzene rings is 3. The van der Waals surface area contributed by atoms with Crippen LogP contribution >= 0.6 is 11.6 Å². The maximum absolute atomic E-state index is 14.2. The quantitative estimate of drug-likeness (QED) is 0.368. The van der Waals surface area contributed by atoms with E-state index in [0.717, 1.165) is 12.1 Å². The molecule has 208 valence electrons. The number of nitrogens with one attached hydrogen (secondary N) is 2. The second-order valence-corrected chi connectivity index (χ2v) is 10.1. The molecule has 0 fully saturated rings. The van der Waals surface area contributed by atoms with Gasteiger partial charge in [0.2, 0.25) is 0 Å². The Balaban J connectivity index is 1.70. The van der Waals surface area contributed by atoms with Crippen LogP contribution in [0.2, 0.25) is 5.02 Å². The number of hydrogen-bond acceptors (Lipinski definition) is 3. The van der Waals surface area contributed by atoms with Gasteiger partial charge in [-0.3, -0.25) is 14.4 Å². The number of carbonyl (C=O) groups excluding carboxylic acids is 3. The molecule has 3 aromatic carbocycles. The fraction of sp³-hybridized carbons (Fsp3) is 0.250. The predicted octanol–water partition coefficient (Wildman–Crippen LogP) is 6.13. The van der Waals surface area contributed by atoms with Gasteiger partial charge in [0.1, 0.15) is 11.6 Å². The van der Waals surface area contributed by atoms with Crippen molar-refractivity contribution in [3.8, 4) is 0 Å². The van der Waals surface area contributed by atoms with Crippen LogP contribution in [0.3, 0.4) is 0 Å². The number of amides is 3. The molecule has 2 N–H and O–H groups in total. The highest BCUT2D eigenvalue weighted by Crippen LogP contribution is 2.43. The molecule has 0 radical (unpaired) electrons. The van der Waals surface area contributed by atoms with E-state index in [9.17, 15) is 36.3 Å². The van der Waals surface area contributed by atoms with Gasteiger partial charge in [-0.15, -0.1) is 0 Å². The molecule has 5 rings (SSSR count). The molecule has 40 heavy (non-hydrogen) atoms. The summed E-state index contributed by atoms with van der Waals surface area (Å²) in [5.74, 6) is -4.04. The summed E-state index contributed by atoms with van der Waals surface area (Å²) in [5.41, 5.74) is -1.07. The van der Waals surface area contributed by atoms with Crippen LogP contribution in [0, 0.1) is 11.6 Å². The highest BCUT2D eigenvalue weighted by atomic mass is 35.5. The third-order valence-electron chi connectivity index (χ3n) is 7.02. The summed E-state index contributed by atoms with van der Waals surface area (Å²) in [5, 5.41) is 5.31. The highest BCUT2D eigenvalue weighted by molar-refractivity contribution is 6.31. The zero-order valence-corrected chi connectivity index (χ0v) is 21.6. The minimum absolute atomic E-state index is 0.0810. The van der Waals surface area contributed by atoms with Gasteiger partial charge in [0.25, 0.3) is 17.7 Å². The zero-order valence-electron chi connectivity index (χ0n) is 20.9. The summed E-state index contributed by atoms with van der Waals surface area (Å²) in [6, 6.07) is 5.24. The highest BCUT2D eigenvalue weighted by Gasteiger charge is 2.39. The number of nitrogens with zero attached hydrogens (tertiary/aromatic N) is 1. The first kappa shape index (κ1) is 27.6. The van der Waals surface area contributed by atoms with Crippen LogP contribution in [0.4, 0.5) is 27.6 Å². The van der Waals surface area contributed by atoms with Crippen molar-refractivity contribution in [3.63, 3.8) is 0 Å². The van der Waals surface area contributed by atoms with Gasteiger partial charge in [-0.25, -0.2) is 8.78 Å². The third-order valence-corrected chi connectivity index (χ3v) is 7.36. The number of alkyl halides is 3.